The van der Waals surface area contributed by atoms with Crippen LogP contribution >= 0.6 is 11.6 Å². The summed E-state index contributed by atoms with van der Waals surface area (Å²) in [7, 11) is -3.53. The van der Waals surface area contributed by atoms with Crippen LogP contribution in [0.4, 0.5) is 5.69 Å². The molecule has 0 spiro atoms. The van der Waals surface area contributed by atoms with Gasteiger partial charge in [0.25, 0.3) is 5.91 Å². The van der Waals surface area contributed by atoms with Gasteiger partial charge in [0, 0.05) is 24.5 Å². The Morgan fingerprint density at radius 1 is 1.30 bits per heavy atom. The van der Waals surface area contributed by atoms with Crippen LogP contribution in [0, 0.1) is 6.92 Å². The monoisotopic (exact) mass is 408 g/mol. The quantitative estimate of drug-likeness (QED) is 0.844. The number of amides is 1. The molecule has 0 bridgehead atoms. The molecule has 1 atom stereocenters. The first-order valence-electron chi connectivity index (χ1n) is 8.52. The zero-order chi connectivity index (χ0) is 19.6. The van der Waals surface area contributed by atoms with Crippen molar-refractivity contribution in [3.63, 3.8) is 0 Å². The lowest BCUT2D eigenvalue weighted by atomic mass is 10.1. The Morgan fingerprint density at radius 3 is 2.74 bits per heavy atom. The molecular weight excluding hydrogens is 388 g/mol. The van der Waals surface area contributed by atoms with Crippen molar-refractivity contribution in [2.45, 2.75) is 26.0 Å². The van der Waals surface area contributed by atoms with Crippen LogP contribution in [0.25, 0.3) is 0 Å². The van der Waals surface area contributed by atoms with Crippen LogP contribution in [0.2, 0.25) is 5.02 Å². The molecule has 144 valence electrons. The van der Waals surface area contributed by atoms with Gasteiger partial charge in [0.05, 0.1) is 11.9 Å². The van der Waals surface area contributed by atoms with Crippen LogP contribution in [0.3, 0.4) is 0 Å². The molecule has 2 aromatic rings. The number of nitrogens with one attached hydrogen (secondary N) is 1. The highest BCUT2D eigenvalue weighted by molar-refractivity contribution is 7.92. The van der Waals surface area contributed by atoms with Crippen molar-refractivity contribution >= 4 is 33.2 Å². The third kappa shape index (κ3) is 4.54. The van der Waals surface area contributed by atoms with Crippen LogP contribution in [0.1, 0.15) is 17.5 Å². The summed E-state index contributed by atoms with van der Waals surface area (Å²) < 4.78 is 31.4. The molecule has 8 heteroatoms. The predicted molar refractivity (Wildman–Crippen MR) is 106 cm³/mol. The van der Waals surface area contributed by atoms with Gasteiger partial charge in [-0.25, -0.2) is 8.42 Å². The van der Waals surface area contributed by atoms with Crippen molar-refractivity contribution in [3.8, 4) is 5.75 Å². The number of hydrogen-bond acceptors (Lipinski definition) is 4. The summed E-state index contributed by atoms with van der Waals surface area (Å²) >= 11 is 6.02. The molecule has 1 aliphatic heterocycles. The first kappa shape index (κ1) is 19.5. The van der Waals surface area contributed by atoms with E-state index in [1.54, 1.807) is 12.1 Å². The SMILES string of the molecule is Cc1ccccc1CNC(=O)[C@H]1CCN(S(C)(=O)=O)c2cc(Cl)ccc2O1. The Hall–Kier alpha value is -2.25. The van der Waals surface area contributed by atoms with Crippen LogP contribution < -0.4 is 14.4 Å². The summed E-state index contributed by atoms with van der Waals surface area (Å²) in [5, 5.41) is 3.27. The van der Waals surface area contributed by atoms with E-state index in [4.69, 9.17) is 16.3 Å². The van der Waals surface area contributed by atoms with Gasteiger partial charge in [-0.3, -0.25) is 9.10 Å². The van der Waals surface area contributed by atoms with E-state index >= 15 is 0 Å². The van der Waals surface area contributed by atoms with Crippen LogP contribution in [-0.4, -0.2) is 33.2 Å². The summed E-state index contributed by atoms with van der Waals surface area (Å²) in [4.78, 5) is 12.6. The van der Waals surface area contributed by atoms with Gasteiger partial charge < -0.3 is 10.1 Å². The number of carbonyl (C=O) groups is 1. The third-order valence-electron chi connectivity index (χ3n) is 4.46. The van der Waals surface area contributed by atoms with Crippen molar-refractivity contribution < 1.29 is 17.9 Å². The van der Waals surface area contributed by atoms with E-state index in [-0.39, 0.29) is 18.9 Å². The minimum Gasteiger partial charge on any atom is -0.478 e. The van der Waals surface area contributed by atoms with Gasteiger partial charge in [0.2, 0.25) is 10.0 Å². The summed E-state index contributed by atoms with van der Waals surface area (Å²) in [6.07, 6.45) is 0.565. The lowest BCUT2D eigenvalue weighted by Crippen LogP contribution is -2.39. The number of benzene rings is 2. The fourth-order valence-corrected chi connectivity index (χ4v) is 4.09. The molecule has 0 aliphatic carbocycles. The number of aryl methyl sites for hydroxylation is 1. The number of carbonyl (C=O) groups excluding carboxylic acids is 1. The molecule has 2 aromatic carbocycles. The lowest BCUT2D eigenvalue weighted by molar-refractivity contribution is -0.128. The Morgan fingerprint density at radius 2 is 2.04 bits per heavy atom. The Kier molecular flexibility index (Phi) is 5.62. The molecule has 0 saturated heterocycles. The van der Waals surface area contributed by atoms with Gasteiger partial charge in [0.15, 0.2) is 6.10 Å². The molecule has 0 aromatic heterocycles. The molecule has 27 heavy (non-hydrogen) atoms. The maximum atomic E-state index is 12.6. The Balaban J connectivity index is 1.79. The van der Waals surface area contributed by atoms with E-state index in [0.29, 0.717) is 23.0 Å². The Labute approximate surface area is 164 Å². The first-order valence-corrected chi connectivity index (χ1v) is 10.7. The van der Waals surface area contributed by atoms with Crippen molar-refractivity contribution in [1.29, 1.82) is 0 Å². The first-order chi connectivity index (χ1) is 12.8. The number of hydrogen-bond donors (Lipinski definition) is 1. The molecule has 1 N–H and O–H groups in total. The van der Waals surface area contributed by atoms with Crippen molar-refractivity contribution in [1.82, 2.24) is 5.32 Å². The van der Waals surface area contributed by atoms with Gasteiger partial charge in [-0.2, -0.15) is 0 Å². The predicted octanol–water partition coefficient (Wildman–Crippen LogP) is 2.88. The summed E-state index contributed by atoms with van der Waals surface area (Å²) in [5.41, 5.74) is 2.45. The second-order valence-electron chi connectivity index (χ2n) is 6.49. The molecule has 1 aliphatic rings. The number of anilines is 1. The number of rotatable bonds is 4. The van der Waals surface area contributed by atoms with Gasteiger partial charge in [-0.1, -0.05) is 35.9 Å². The summed E-state index contributed by atoms with van der Waals surface area (Å²) in [6, 6.07) is 12.5. The van der Waals surface area contributed by atoms with Gasteiger partial charge in [-0.05, 0) is 36.2 Å². The fraction of sp³-hybridized carbons (Fsp3) is 0.316. The van der Waals surface area contributed by atoms with Crippen LogP contribution in [0.15, 0.2) is 42.5 Å². The third-order valence-corrected chi connectivity index (χ3v) is 5.88. The topological polar surface area (TPSA) is 75.7 Å². The number of fused-ring (bicyclic) bond motifs is 1. The maximum Gasteiger partial charge on any atom is 0.261 e. The van der Waals surface area contributed by atoms with Gasteiger partial charge in [0.1, 0.15) is 5.75 Å². The second-order valence-corrected chi connectivity index (χ2v) is 8.83. The molecule has 0 unspecified atom stereocenters. The van der Waals surface area contributed by atoms with Crippen LogP contribution in [-0.2, 0) is 21.4 Å². The van der Waals surface area contributed by atoms with Gasteiger partial charge in [-0.15, -0.1) is 0 Å². The lowest BCUT2D eigenvalue weighted by Gasteiger charge is -2.21. The highest BCUT2D eigenvalue weighted by Gasteiger charge is 2.31. The molecule has 3 rings (SSSR count). The average molecular weight is 409 g/mol. The molecule has 0 fully saturated rings. The normalized spacial score (nSPS) is 16.9. The van der Waals surface area contributed by atoms with E-state index in [9.17, 15) is 13.2 Å². The van der Waals surface area contributed by atoms with Crippen molar-refractivity contribution in [2.75, 3.05) is 17.1 Å². The highest BCUT2D eigenvalue weighted by atomic mass is 35.5. The molecule has 1 heterocycles. The largest absolute Gasteiger partial charge is 0.478 e. The zero-order valence-electron chi connectivity index (χ0n) is 15.1. The van der Waals surface area contributed by atoms with Crippen molar-refractivity contribution in [3.05, 3.63) is 58.6 Å². The second kappa shape index (κ2) is 7.78. The number of ether oxygens (including phenoxy) is 1. The number of halogens is 1. The molecule has 1 amide bonds. The minimum atomic E-state index is -3.53. The summed E-state index contributed by atoms with van der Waals surface area (Å²) in [6.45, 7) is 2.50. The molecule has 6 nitrogen and oxygen atoms in total. The standard InChI is InChI=1S/C19H21ClN2O4S/c1-13-5-3-4-6-14(13)12-21-19(23)18-9-10-22(27(2,24)25)16-11-15(20)7-8-17(16)26-18/h3-8,11,18H,9-10,12H2,1-2H3,(H,21,23)/t18-/m1/s1. The minimum absolute atomic E-state index is 0.134. The fourth-order valence-electron chi connectivity index (χ4n) is 2.99. The van der Waals surface area contributed by atoms with Crippen molar-refractivity contribution in [2.24, 2.45) is 0 Å². The highest BCUT2D eigenvalue weighted by Crippen LogP contribution is 2.36. The smallest absolute Gasteiger partial charge is 0.261 e. The van der Waals surface area contributed by atoms with Gasteiger partial charge >= 0.3 is 0 Å². The molecule has 0 radical (unpaired) electrons. The summed E-state index contributed by atoms with van der Waals surface area (Å²) in [5.74, 6) is 0.0351. The van der Waals surface area contributed by atoms with E-state index in [2.05, 4.69) is 5.32 Å². The van der Waals surface area contributed by atoms with Crippen LogP contribution in [0.5, 0.6) is 5.75 Å². The molecular formula is C19H21ClN2O4S. The van der Waals surface area contributed by atoms with E-state index in [1.807, 2.05) is 31.2 Å². The van der Waals surface area contributed by atoms with E-state index < -0.39 is 16.1 Å². The van der Waals surface area contributed by atoms with E-state index in [0.717, 1.165) is 17.4 Å². The Bertz CT molecular complexity index is 962. The number of sulfonamides is 1. The zero-order valence-corrected chi connectivity index (χ0v) is 16.7. The number of nitrogens with zero attached hydrogens (tertiary/aromatic N) is 1. The van der Waals surface area contributed by atoms with E-state index in [1.165, 1.54) is 10.4 Å². The average Bonchev–Trinajstić information content (AvgIpc) is 2.80. The molecule has 0 saturated carbocycles. The maximum absolute atomic E-state index is 12.6.